The van der Waals surface area contributed by atoms with Crippen molar-refractivity contribution in [3.63, 3.8) is 0 Å². The van der Waals surface area contributed by atoms with Gasteiger partial charge in [0.1, 0.15) is 23.0 Å². The topological polar surface area (TPSA) is 108 Å². The van der Waals surface area contributed by atoms with E-state index in [-0.39, 0.29) is 50.2 Å². The molecule has 14 heteroatoms. The van der Waals surface area contributed by atoms with Crippen LogP contribution in [0, 0.1) is 0 Å². The summed E-state index contributed by atoms with van der Waals surface area (Å²) in [5.74, 6) is 3.33. The standard InChI is InChI=1S/C44H48O10S4/c1-11-51-33(45)21-25-19-31(35-27(47-7)15-13-17-29(35)53-23(3)4)55-39(25)41-37(49-9)43-44(57-41)38(50-10)42(58-43)40-26(22-34(46)52-12-2)20-32(56-40)36-28(48-8)16-14-18-30(36)54-24(5)6/h13-20,23-24H,11-12,21-22H2,1-10H3. The van der Waals surface area contributed by atoms with Gasteiger partial charge in [0, 0.05) is 9.75 Å². The van der Waals surface area contributed by atoms with Gasteiger partial charge in [-0.05, 0) is 89.1 Å². The van der Waals surface area contributed by atoms with Crippen LogP contribution in [-0.2, 0) is 31.9 Å². The van der Waals surface area contributed by atoms with Crippen LogP contribution < -0.4 is 28.4 Å². The van der Waals surface area contributed by atoms with Crippen molar-refractivity contribution < 1.29 is 47.5 Å². The number of ether oxygens (including phenoxy) is 8. The van der Waals surface area contributed by atoms with Crippen molar-refractivity contribution in [2.75, 3.05) is 41.7 Å². The summed E-state index contributed by atoms with van der Waals surface area (Å²) in [6.45, 7) is 12.1. The number of thiophene rings is 4. The quantitative estimate of drug-likeness (QED) is 0.0775. The highest BCUT2D eigenvalue weighted by molar-refractivity contribution is 7.35. The van der Waals surface area contributed by atoms with Crippen LogP contribution >= 0.6 is 45.3 Å². The van der Waals surface area contributed by atoms with Gasteiger partial charge in [-0.1, -0.05) is 12.1 Å². The Labute approximate surface area is 355 Å². The number of fused-ring (bicyclic) bond motifs is 1. The number of carbonyl (C=O) groups is 2. The molecular formula is C44H48O10S4. The number of benzene rings is 2. The molecule has 6 aromatic rings. The lowest BCUT2D eigenvalue weighted by Crippen LogP contribution is -2.07. The van der Waals surface area contributed by atoms with Crippen molar-refractivity contribution in [1.82, 2.24) is 0 Å². The minimum atomic E-state index is -0.330. The van der Waals surface area contributed by atoms with Crippen LogP contribution in [0.2, 0.25) is 0 Å². The molecule has 308 valence electrons. The smallest absolute Gasteiger partial charge is 0.310 e. The molecule has 4 heterocycles. The van der Waals surface area contributed by atoms with Crippen LogP contribution in [-0.4, -0.2) is 65.8 Å². The third kappa shape index (κ3) is 8.80. The highest BCUT2D eigenvalue weighted by atomic mass is 32.1. The first kappa shape index (κ1) is 42.8. The van der Waals surface area contributed by atoms with E-state index in [0.29, 0.717) is 34.5 Å². The van der Waals surface area contributed by atoms with Gasteiger partial charge in [-0.25, -0.2) is 0 Å². The average Bonchev–Trinajstić information content (AvgIpc) is 3.95. The normalized spacial score (nSPS) is 11.3. The average molecular weight is 865 g/mol. The summed E-state index contributed by atoms with van der Waals surface area (Å²) < 4.78 is 49.2. The van der Waals surface area contributed by atoms with Crippen molar-refractivity contribution >= 4 is 66.7 Å². The monoisotopic (exact) mass is 864 g/mol. The molecular weight excluding hydrogens is 817 g/mol. The molecule has 0 N–H and O–H groups in total. The number of hydrogen-bond donors (Lipinski definition) is 0. The number of hydrogen-bond acceptors (Lipinski definition) is 14. The second-order valence-corrected chi connectivity index (χ2v) is 17.6. The summed E-state index contributed by atoms with van der Waals surface area (Å²) >= 11 is 6.14. The zero-order valence-corrected chi connectivity index (χ0v) is 37.6. The van der Waals surface area contributed by atoms with Gasteiger partial charge in [0.05, 0.1) is 107 Å². The number of carbonyl (C=O) groups excluding carboxylic acids is 2. The minimum absolute atomic E-state index is 0.0624. The maximum atomic E-state index is 13.1. The van der Waals surface area contributed by atoms with Gasteiger partial charge in [-0.15, -0.1) is 45.3 Å². The van der Waals surface area contributed by atoms with Crippen molar-refractivity contribution in [2.24, 2.45) is 0 Å². The zero-order valence-electron chi connectivity index (χ0n) is 34.3. The van der Waals surface area contributed by atoms with Gasteiger partial charge in [0.15, 0.2) is 11.5 Å². The third-order valence-electron chi connectivity index (χ3n) is 8.79. The highest BCUT2D eigenvalue weighted by Gasteiger charge is 2.31. The van der Waals surface area contributed by atoms with E-state index in [1.807, 2.05) is 76.2 Å². The van der Waals surface area contributed by atoms with Crippen LogP contribution in [0.5, 0.6) is 34.5 Å². The van der Waals surface area contributed by atoms with Crippen LogP contribution in [0.15, 0.2) is 48.5 Å². The van der Waals surface area contributed by atoms with E-state index in [4.69, 9.17) is 37.9 Å². The van der Waals surface area contributed by atoms with E-state index >= 15 is 0 Å². The van der Waals surface area contributed by atoms with Crippen LogP contribution in [0.4, 0.5) is 0 Å². The van der Waals surface area contributed by atoms with E-state index in [1.165, 1.54) is 45.3 Å². The van der Waals surface area contributed by atoms with Gasteiger partial charge in [-0.3, -0.25) is 9.59 Å². The second-order valence-electron chi connectivity index (χ2n) is 13.5. The Kier molecular flexibility index (Phi) is 13.9. The summed E-state index contributed by atoms with van der Waals surface area (Å²) in [6, 6.07) is 15.5. The molecule has 0 radical (unpaired) electrons. The fourth-order valence-electron chi connectivity index (χ4n) is 6.60. The Morgan fingerprint density at radius 1 is 0.534 bits per heavy atom. The summed E-state index contributed by atoms with van der Waals surface area (Å²) in [6.07, 6.45) is -0.0186. The van der Waals surface area contributed by atoms with E-state index in [2.05, 4.69) is 0 Å². The molecule has 0 amide bonds. The molecule has 0 unspecified atom stereocenters. The first-order valence-corrected chi connectivity index (χ1v) is 22.2. The molecule has 58 heavy (non-hydrogen) atoms. The zero-order chi connectivity index (χ0) is 41.7. The first-order valence-electron chi connectivity index (χ1n) is 18.9. The summed E-state index contributed by atoms with van der Waals surface area (Å²) in [4.78, 5) is 31.3. The molecule has 0 fully saturated rings. The molecule has 0 aliphatic carbocycles. The van der Waals surface area contributed by atoms with E-state index in [1.54, 1.807) is 42.3 Å². The number of esters is 2. The fraction of sp³-hybridized carbons (Fsp3) is 0.364. The first-order chi connectivity index (χ1) is 28.0. The third-order valence-corrected chi connectivity index (χ3v) is 14.0. The largest absolute Gasteiger partial charge is 0.496 e. The van der Waals surface area contributed by atoms with E-state index in [0.717, 1.165) is 60.9 Å². The Bertz CT molecular complexity index is 2230. The lowest BCUT2D eigenvalue weighted by atomic mass is 10.1. The van der Waals surface area contributed by atoms with E-state index < -0.39 is 0 Å². The highest BCUT2D eigenvalue weighted by Crippen LogP contribution is 2.60. The van der Waals surface area contributed by atoms with Gasteiger partial charge in [0.2, 0.25) is 0 Å². The molecule has 0 aliphatic rings. The van der Waals surface area contributed by atoms with Gasteiger partial charge in [0.25, 0.3) is 0 Å². The molecule has 0 bridgehead atoms. The Balaban J connectivity index is 1.56. The molecule has 10 nitrogen and oxygen atoms in total. The summed E-state index contributed by atoms with van der Waals surface area (Å²) in [5, 5.41) is 0. The molecule has 0 spiro atoms. The predicted octanol–water partition coefficient (Wildman–Crippen LogP) is 11.6. The second kappa shape index (κ2) is 18.9. The minimum Gasteiger partial charge on any atom is -0.496 e. The summed E-state index contributed by atoms with van der Waals surface area (Å²) in [7, 11) is 6.57. The number of methoxy groups -OCH3 is 4. The van der Waals surface area contributed by atoms with Gasteiger partial charge in [-0.2, -0.15) is 0 Å². The Morgan fingerprint density at radius 3 is 1.24 bits per heavy atom. The van der Waals surface area contributed by atoms with Crippen LogP contribution in [0.3, 0.4) is 0 Å². The summed E-state index contributed by atoms with van der Waals surface area (Å²) in [5.41, 5.74) is 3.19. The fourth-order valence-corrected chi connectivity index (χ4v) is 12.2. The maximum Gasteiger partial charge on any atom is 0.310 e. The molecule has 0 saturated carbocycles. The van der Waals surface area contributed by atoms with Crippen molar-refractivity contribution in [2.45, 2.75) is 66.6 Å². The Hall–Kier alpha value is -4.76. The van der Waals surface area contributed by atoms with Crippen LogP contribution in [0.1, 0.15) is 52.7 Å². The maximum absolute atomic E-state index is 13.1. The lowest BCUT2D eigenvalue weighted by Gasteiger charge is -2.16. The molecule has 0 atom stereocenters. The molecule has 2 aromatic carbocycles. The van der Waals surface area contributed by atoms with Crippen molar-refractivity contribution in [1.29, 1.82) is 0 Å². The van der Waals surface area contributed by atoms with E-state index in [9.17, 15) is 9.59 Å². The lowest BCUT2D eigenvalue weighted by molar-refractivity contribution is -0.143. The Morgan fingerprint density at radius 2 is 0.914 bits per heavy atom. The molecule has 4 aromatic heterocycles. The van der Waals surface area contributed by atoms with Crippen molar-refractivity contribution in [3.8, 4) is 74.9 Å². The molecule has 6 rings (SSSR count). The van der Waals surface area contributed by atoms with Crippen LogP contribution in [0.25, 0.3) is 49.8 Å². The van der Waals surface area contributed by atoms with Crippen molar-refractivity contribution in [3.05, 3.63) is 59.7 Å². The molecule has 0 aliphatic heterocycles. The number of rotatable bonds is 18. The molecule has 0 saturated heterocycles. The van der Waals surface area contributed by atoms with Gasteiger partial charge < -0.3 is 37.9 Å². The van der Waals surface area contributed by atoms with Gasteiger partial charge >= 0.3 is 11.9 Å². The predicted molar refractivity (Wildman–Crippen MR) is 236 cm³/mol. The SMILES string of the molecule is CCOC(=O)Cc1cc(-c2c(OC)cccc2OC(C)C)sc1-c1sc2c(OC)c(-c3sc(-c4c(OC)cccc4OC(C)C)cc3CC(=O)OCC)sc2c1OC.